The minimum absolute atomic E-state index is 0.102. The quantitative estimate of drug-likeness (QED) is 0.805. The molecule has 1 aromatic carbocycles. The zero-order chi connectivity index (χ0) is 11.6. The fourth-order valence-corrected chi connectivity index (χ4v) is 2.84. The molecule has 0 unspecified atom stereocenters. The summed E-state index contributed by atoms with van der Waals surface area (Å²) < 4.78 is 28.5. The van der Waals surface area contributed by atoms with Crippen LogP contribution in [0.2, 0.25) is 0 Å². The number of benzene rings is 1. The normalized spacial score (nSPS) is 25.1. The second kappa shape index (κ2) is 4.53. The van der Waals surface area contributed by atoms with Crippen molar-refractivity contribution in [3.05, 3.63) is 30.3 Å². The summed E-state index contributed by atoms with van der Waals surface area (Å²) in [6.07, 6.45) is 0.952. The lowest BCUT2D eigenvalue weighted by Crippen LogP contribution is -2.35. The molecule has 0 aliphatic heterocycles. The maximum Gasteiger partial charge on any atom is 0.297 e. The minimum Gasteiger partial charge on any atom is -0.396 e. The van der Waals surface area contributed by atoms with E-state index in [0.29, 0.717) is 12.8 Å². The van der Waals surface area contributed by atoms with Crippen molar-refractivity contribution in [2.75, 3.05) is 6.61 Å². The van der Waals surface area contributed by atoms with E-state index >= 15 is 0 Å². The van der Waals surface area contributed by atoms with Gasteiger partial charge in [0.2, 0.25) is 0 Å². The molecular formula is C11H14O4S. The van der Waals surface area contributed by atoms with Gasteiger partial charge in [-0.1, -0.05) is 18.2 Å². The Morgan fingerprint density at radius 3 is 2.44 bits per heavy atom. The van der Waals surface area contributed by atoms with Gasteiger partial charge in [-0.15, -0.1) is 0 Å². The lowest BCUT2D eigenvalue weighted by Gasteiger charge is -2.32. The van der Waals surface area contributed by atoms with Crippen molar-refractivity contribution < 1.29 is 17.7 Å². The van der Waals surface area contributed by atoms with Crippen molar-refractivity contribution >= 4 is 10.1 Å². The zero-order valence-electron chi connectivity index (χ0n) is 8.74. The molecule has 1 fully saturated rings. The second-order valence-electron chi connectivity index (χ2n) is 4.01. The Kier molecular flexibility index (Phi) is 3.28. The van der Waals surface area contributed by atoms with Crippen LogP contribution in [0.25, 0.3) is 0 Å². The van der Waals surface area contributed by atoms with Gasteiger partial charge >= 0.3 is 0 Å². The first-order chi connectivity index (χ1) is 7.62. The molecule has 88 valence electrons. The predicted octanol–water partition coefficient (Wildman–Crippen LogP) is 1.16. The average molecular weight is 242 g/mol. The summed E-state index contributed by atoms with van der Waals surface area (Å²) in [7, 11) is -3.63. The van der Waals surface area contributed by atoms with Gasteiger partial charge in [0, 0.05) is 6.61 Å². The van der Waals surface area contributed by atoms with Gasteiger partial charge in [0.25, 0.3) is 10.1 Å². The standard InChI is InChI=1S/C11H14O4S/c12-8-9-6-10(7-9)15-16(13,14)11-4-2-1-3-5-11/h1-5,9-10,12H,6-8H2. The molecule has 0 radical (unpaired) electrons. The summed E-state index contributed by atoms with van der Waals surface area (Å²) in [6, 6.07) is 8.10. The number of aliphatic hydroxyl groups is 1. The van der Waals surface area contributed by atoms with E-state index in [2.05, 4.69) is 0 Å². The first kappa shape index (κ1) is 11.6. The maximum absolute atomic E-state index is 11.7. The molecule has 0 aromatic heterocycles. The van der Waals surface area contributed by atoms with Crippen LogP contribution < -0.4 is 0 Å². The summed E-state index contributed by atoms with van der Waals surface area (Å²) in [5.41, 5.74) is 0. The number of rotatable bonds is 4. The van der Waals surface area contributed by atoms with Crippen molar-refractivity contribution in [1.29, 1.82) is 0 Å². The highest BCUT2D eigenvalue weighted by molar-refractivity contribution is 7.86. The van der Waals surface area contributed by atoms with Gasteiger partial charge in [0.1, 0.15) is 0 Å². The Balaban J connectivity index is 2.00. The zero-order valence-corrected chi connectivity index (χ0v) is 9.56. The molecule has 2 rings (SSSR count). The minimum atomic E-state index is -3.63. The average Bonchev–Trinajstić information content (AvgIpc) is 2.24. The molecule has 1 aromatic rings. The molecule has 1 N–H and O–H groups in total. The summed E-state index contributed by atoms with van der Waals surface area (Å²) in [6.45, 7) is 0.102. The van der Waals surface area contributed by atoms with E-state index in [9.17, 15) is 8.42 Å². The van der Waals surface area contributed by atoms with Crippen LogP contribution in [0.1, 0.15) is 12.8 Å². The van der Waals surface area contributed by atoms with Crippen LogP contribution in [0.5, 0.6) is 0 Å². The van der Waals surface area contributed by atoms with Crippen molar-refractivity contribution in [1.82, 2.24) is 0 Å². The molecule has 1 saturated carbocycles. The first-order valence-electron chi connectivity index (χ1n) is 5.21. The highest BCUT2D eigenvalue weighted by Gasteiger charge is 2.33. The number of aliphatic hydroxyl groups excluding tert-OH is 1. The van der Waals surface area contributed by atoms with Crippen LogP contribution in [0.3, 0.4) is 0 Å². The fourth-order valence-electron chi connectivity index (χ4n) is 1.72. The Labute approximate surface area is 95.0 Å². The predicted molar refractivity (Wildman–Crippen MR) is 58.3 cm³/mol. The Bertz CT molecular complexity index is 434. The third kappa shape index (κ3) is 2.42. The van der Waals surface area contributed by atoms with Crippen LogP contribution in [0.15, 0.2) is 35.2 Å². The Morgan fingerprint density at radius 2 is 1.88 bits per heavy atom. The Morgan fingerprint density at radius 1 is 1.25 bits per heavy atom. The van der Waals surface area contributed by atoms with Gasteiger partial charge in [-0.2, -0.15) is 8.42 Å². The topological polar surface area (TPSA) is 63.6 Å². The highest BCUT2D eigenvalue weighted by Crippen LogP contribution is 2.31. The van der Waals surface area contributed by atoms with Crippen LogP contribution in [-0.2, 0) is 14.3 Å². The number of hydrogen-bond acceptors (Lipinski definition) is 4. The molecule has 5 heteroatoms. The first-order valence-corrected chi connectivity index (χ1v) is 6.62. The van der Waals surface area contributed by atoms with Crippen LogP contribution in [0, 0.1) is 5.92 Å². The molecule has 0 atom stereocenters. The van der Waals surface area contributed by atoms with Crippen LogP contribution in [-0.4, -0.2) is 26.2 Å². The molecule has 0 spiro atoms. The molecule has 0 heterocycles. The third-order valence-electron chi connectivity index (χ3n) is 2.75. The van der Waals surface area contributed by atoms with Gasteiger partial charge < -0.3 is 5.11 Å². The third-order valence-corrected chi connectivity index (χ3v) is 4.12. The van der Waals surface area contributed by atoms with Crippen molar-refractivity contribution in [3.8, 4) is 0 Å². The molecule has 4 nitrogen and oxygen atoms in total. The summed E-state index contributed by atoms with van der Waals surface area (Å²) >= 11 is 0. The molecule has 1 aliphatic rings. The highest BCUT2D eigenvalue weighted by atomic mass is 32.2. The maximum atomic E-state index is 11.7. The Hall–Kier alpha value is -0.910. The van der Waals surface area contributed by atoms with E-state index < -0.39 is 10.1 Å². The van der Waals surface area contributed by atoms with E-state index in [4.69, 9.17) is 9.29 Å². The van der Waals surface area contributed by atoms with Crippen LogP contribution in [0.4, 0.5) is 0 Å². The molecular weight excluding hydrogens is 228 g/mol. The van der Waals surface area contributed by atoms with Crippen molar-refractivity contribution in [3.63, 3.8) is 0 Å². The lowest BCUT2D eigenvalue weighted by atomic mass is 9.83. The fraction of sp³-hybridized carbons (Fsp3) is 0.455. The van der Waals surface area contributed by atoms with E-state index in [1.807, 2.05) is 0 Å². The molecule has 0 bridgehead atoms. The van der Waals surface area contributed by atoms with Crippen molar-refractivity contribution in [2.45, 2.75) is 23.8 Å². The number of hydrogen-bond donors (Lipinski definition) is 1. The van der Waals surface area contributed by atoms with E-state index in [0.717, 1.165) is 0 Å². The van der Waals surface area contributed by atoms with Gasteiger partial charge in [-0.3, -0.25) is 4.18 Å². The SMILES string of the molecule is O=S(=O)(OC1CC(CO)C1)c1ccccc1. The summed E-state index contributed by atoms with van der Waals surface area (Å²) in [5.74, 6) is 0.191. The largest absolute Gasteiger partial charge is 0.396 e. The molecule has 0 amide bonds. The second-order valence-corrected chi connectivity index (χ2v) is 5.58. The molecule has 1 aliphatic carbocycles. The molecule has 0 saturated heterocycles. The van der Waals surface area contributed by atoms with E-state index in [1.165, 1.54) is 12.1 Å². The van der Waals surface area contributed by atoms with Crippen LogP contribution >= 0.6 is 0 Å². The smallest absolute Gasteiger partial charge is 0.297 e. The van der Waals surface area contributed by atoms with Gasteiger partial charge in [-0.25, -0.2) is 0 Å². The van der Waals surface area contributed by atoms with E-state index in [1.54, 1.807) is 18.2 Å². The van der Waals surface area contributed by atoms with E-state index in [-0.39, 0.29) is 23.5 Å². The summed E-state index contributed by atoms with van der Waals surface area (Å²) in [5, 5.41) is 8.81. The lowest BCUT2D eigenvalue weighted by molar-refractivity contribution is 0.0368. The van der Waals surface area contributed by atoms with Gasteiger partial charge in [-0.05, 0) is 30.9 Å². The monoisotopic (exact) mass is 242 g/mol. The van der Waals surface area contributed by atoms with Gasteiger partial charge in [0.05, 0.1) is 11.0 Å². The summed E-state index contributed by atoms with van der Waals surface area (Å²) in [4.78, 5) is 0.183. The van der Waals surface area contributed by atoms with Gasteiger partial charge in [0.15, 0.2) is 0 Å². The van der Waals surface area contributed by atoms with Crippen molar-refractivity contribution in [2.24, 2.45) is 5.92 Å². The molecule has 16 heavy (non-hydrogen) atoms.